The number of hydrogen-bond donors (Lipinski definition) is 2. The number of hydrogen-bond acceptors (Lipinski definition) is 4. The Labute approximate surface area is 125 Å². The fourth-order valence-corrected chi connectivity index (χ4v) is 4.81. The molecule has 6 heteroatoms. The van der Waals surface area contributed by atoms with Gasteiger partial charge in [0, 0.05) is 17.8 Å². The maximum Gasteiger partial charge on any atom is 0.240 e. The molecule has 0 saturated heterocycles. The van der Waals surface area contributed by atoms with E-state index in [2.05, 4.69) is 4.72 Å². The molecule has 0 spiro atoms. The van der Waals surface area contributed by atoms with E-state index in [9.17, 15) is 8.42 Å². The molecule has 0 heterocycles. The van der Waals surface area contributed by atoms with Crippen molar-refractivity contribution < 1.29 is 8.42 Å². The number of rotatable bonds is 6. The Balaban J connectivity index is 2.18. The maximum atomic E-state index is 12.5. The van der Waals surface area contributed by atoms with E-state index < -0.39 is 10.0 Å². The third kappa shape index (κ3) is 3.19. The van der Waals surface area contributed by atoms with Crippen LogP contribution in [0.5, 0.6) is 0 Å². The van der Waals surface area contributed by atoms with Gasteiger partial charge in [0.1, 0.15) is 0 Å². The average Bonchev–Trinajstić information content (AvgIpc) is 2.38. The van der Waals surface area contributed by atoms with E-state index in [1.54, 1.807) is 17.8 Å². The summed E-state index contributed by atoms with van der Waals surface area (Å²) in [6.45, 7) is 2.66. The fraction of sp³-hybridized carbons (Fsp3) is 0.571. The van der Waals surface area contributed by atoms with Crippen molar-refractivity contribution >= 4 is 21.8 Å². The van der Waals surface area contributed by atoms with Crippen molar-refractivity contribution in [1.29, 1.82) is 0 Å². The Morgan fingerprint density at radius 1 is 1.40 bits per heavy atom. The van der Waals surface area contributed by atoms with Crippen molar-refractivity contribution in [3.8, 4) is 0 Å². The van der Waals surface area contributed by atoms with Crippen LogP contribution in [0.25, 0.3) is 0 Å². The number of thioether (sulfide) groups is 1. The molecule has 20 heavy (non-hydrogen) atoms. The predicted octanol–water partition coefficient (Wildman–Crippen LogP) is 2.02. The molecule has 4 nitrogen and oxygen atoms in total. The van der Waals surface area contributed by atoms with Crippen molar-refractivity contribution in [2.45, 2.75) is 42.4 Å². The van der Waals surface area contributed by atoms with Gasteiger partial charge in [-0.1, -0.05) is 18.6 Å². The predicted molar refractivity (Wildman–Crippen MR) is 84.4 cm³/mol. The molecular weight excluding hydrogens is 292 g/mol. The summed E-state index contributed by atoms with van der Waals surface area (Å²) in [7, 11) is -3.46. The maximum absolute atomic E-state index is 12.5. The first-order valence-electron chi connectivity index (χ1n) is 6.77. The topological polar surface area (TPSA) is 72.2 Å². The van der Waals surface area contributed by atoms with Crippen molar-refractivity contribution in [1.82, 2.24) is 4.72 Å². The van der Waals surface area contributed by atoms with Gasteiger partial charge in [-0.05, 0) is 43.2 Å². The Morgan fingerprint density at radius 3 is 2.60 bits per heavy atom. The molecule has 1 aliphatic rings. The van der Waals surface area contributed by atoms with Gasteiger partial charge in [0.25, 0.3) is 0 Å². The number of nitrogens with two attached hydrogens (primary N) is 1. The first-order chi connectivity index (χ1) is 9.42. The highest BCUT2D eigenvalue weighted by Crippen LogP contribution is 2.42. The molecule has 0 aromatic heterocycles. The molecule has 1 aromatic carbocycles. The molecule has 2 rings (SSSR count). The molecule has 1 fully saturated rings. The second kappa shape index (κ2) is 6.05. The summed E-state index contributed by atoms with van der Waals surface area (Å²) in [5.41, 5.74) is 7.17. The number of aryl methyl sites for hydroxylation is 1. The van der Waals surface area contributed by atoms with E-state index in [0.29, 0.717) is 18.0 Å². The van der Waals surface area contributed by atoms with Gasteiger partial charge >= 0.3 is 0 Å². The van der Waals surface area contributed by atoms with Crippen LogP contribution in [0, 0.1) is 6.92 Å². The van der Waals surface area contributed by atoms with Gasteiger partial charge in [0.05, 0.1) is 4.90 Å². The SMILES string of the molecule is CSC1(CNS(=O)(=O)c2cc(CN)ccc2C)CCC1. The van der Waals surface area contributed by atoms with Crippen LogP contribution in [0.3, 0.4) is 0 Å². The van der Waals surface area contributed by atoms with Crippen LogP contribution in [0.1, 0.15) is 30.4 Å². The zero-order valence-corrected chi connectivity index (χ0v) is 13.6. The first-order valence-corrected chi connectivity index (χ1v) is 9.48. The summed E-state index contributed by atoms with van der Waals surface area (Å²) in [6, 6.07) is 5.35. The van der Waals surface area contributed by atoms with E-state index in [-0.39, 0.29) is 4.75 Å². The normalized spacial score (nSPS) is 17.8. The highest BCUT2D eigenvalue weighted by molar-refractivity contribution is 8.00. The summed E-state index contributed by atoms with van der Waals surface area (Å²) < 4.78 is 27.8. The largest absolute Gasteiger partial charge is 0.326 e. The molecule has 0 amide bonds. The van der Waals surface area contributed by atoms with Gasteiger partial charge in [-0.2, -0.15) is 11.8 Å². The van der Waals surface area contributed by atoms with Gasteiger partial charge in [-0.25, -0.2) is 13.1 Å². The molecule has 112 valence electrons. The highest BCUT2D eigenvalue weighted by atomic mass is 32.2. The summed E-state index contributed by atoms with van der Waals surface area (Å²) in [6.07, 6.45) is 5.40. The molecule has 0 radical (unpaired) electrons. The minimum Gasteiger partial charge on any atom is -0.326 e. The number of nitrogens with one attached hydrogen (secondary N) is 1. The Hall–Kier alpha value is -0.560. The molecule has 1 aromatic rings. The van der Waals surface area contributed by atoms with Crippen LogP contribution in [0.15, 0.2) is 23.1 Å². The van der Waals surface area contributed by atoms with Gasteiger partial charge < -0.3 is 5.73 Å². The molecule has 3 N–H and O–H groups in total. The quantitative estimate of drug-likeness (QED) is 0.842. The molecule has 0 aliphatic heterocycles. The third-order valence-corrected chi connectivity index (χ3v) is 7.02. The van der Waals surface area contributed by atoms with Crippen molar-refractivity contribution in [3.63, 3.8) is 0 Å². The lowest BCUT2D eigenvalue weighted by Crippen LogP contribution is -2.45. The Bertz CT molecular complexity index is 575. The van der Waals surface area contributed by atoms with Crippen LogP contribution in [-0.2, 0) is 16.6 Å². The van der Waals surface area contributed by atoms with E-state index in [0.717, 1.165) is 24.0 Å². The van der Waals surface area contributed by atoms with Crippen LogP contribution in [0.4, 0.5) is 0 Å². The molecule has 1 aliphatic carbocycles. The lowest BCUT2D eigenvalue weighted by atomic mass is 9.84. The zero-order chi connectivity index (χ0) is 14.8. The minimum atomic E-state index is -3.46. The number of sulfonamides is 1. The molecule has 1 saturated carbocycles. The lowest BCUT2D eigenvalue weighted by Gasteiger charge is -2.40. The molecule has 0 atom stereocenters. The summed E-state index contributed by atoms with van der Waals surface area (Å²) in [5, 5.41) is 0. The Kier molecular flexibility index (Phi) is 4.79. The minimum absolute atomic E-state index is 0.0897. The summed E-state index contributed by atoms with van der Waals surface area (Å²) >= 11 is 1.76. The standard InChI is InChI=1S/C14H22N2O2S2/c1-11-4-5-12(9-15)8-13(11)20(17,18)16-10-14(19-2)6-3-7-14/h4-5,8,16H,3,6-7,9-10,15H2,1-2H3. The van der Waals surface area contributed by atoms with Crippen LogP contribution in [-0.4, -0.2) is 26.0 Å². The zero-order valence-electron chi connectivity index (χ0n) is 12.0. The molecule has 0 bridgehead atoms. The highest BCUT2D eigenvalue weighted by Gasteiger charge is 2.37. The van der Waals surface area contributed by atoms with E-state index in [1.807, 2.05) is 25.3 Å². The van der Waals surface area contributed by atoms with E-state index in [1.165, 1.54) is 6.42 Å². The lowest BCUT2D eigenvalue weighted by molar-refractivity contribution is 0.362. The smallest absolute Gasteiger partial charge is 0.240 e. The van der Waals surface area contributed by atoms with Crippen molar-refractivity contribution in [3.05, 3.63) is 29.3 Å². The van der Waals surface area contributed by atoms with Crippen molar-refractivity contribution in [2.24, 2.45) is 5.73 Å². The second-order valence-corrected chi connectivity index (χ2v) is 8.38. The van der Waals surface area contributed by atoms with Crippen LogP contribution in [0.2, 0.25) is 0 Å². The van der Waals surface area contributed by atoms with E-state index >= 15 is 0 Å². The van der Waals surface area contributed by atoms with Crippen LogP contribution < -0.4 is 10.5 Å². The molecular formula is C14H22N2O2S2. The fourth-order valence-electron chi connectivity index (χ4n) is 2.39. The van der Waals surface area contributed by atoms with Gasteiger partial charge in [0.15, 0.2) is 0 Å². The average molecular weight is 314 g/mol. The number of benzene rings is 1. The Morgan fingerprint density at radius 2 is 2.10 bits per heavy atom. The van der Waals surface area contributed by atoms with Gasteiger partial charge in [-0.15, -0.1) is 0 Å². The van der Waals surface area contributed by atoms with Crippen molar-refractivity contribution in [2.75, 3.05) is 12.8 Å². The van der Waals surface area contributed by atoms with Gasteiger partial charge in [-0.3, -0.25) is 0 Å². The van der Waals surface area contributed by atoms with E-state index in [4.69, 9.17) is 5.73 Å². The summed E-state index contributed by atoms with van der Waals surface area (Å²) in [4.78, 5) is 0.344. The monoisotopic (exact) mass is 314 g/mol. The second-order valence-electron chi connectivity index (χ2n) is 5.37. The third-order valence-electron chi connectivity index (χ3n) is 4.06. The van der Waals surface area contributed by atoms with Gasteiger partial charge in [0.2, 0.25) is 10.0 Å². The summed E-state index contributed by atoms with van der Waals surface area (Å²) in [5.74, 6) is 0. The van der Waals surface area contributed by atoms with Crippen LogP contribution >= 0.6 is 11.8 Å². The molecule has 0 unspecified atom stereocenters. The first kappa shape index (κ1) is 15.8.